The topological polar surface area (TPSA) is 110 Å². The van der Waals surface area contributed by atoms with Gasteiger partial charge in [-0.15, -0.1) is 0 Å². The van der Waals surface area contributed by atoms with Crippen molar-refractivity contribution in [3.63, 3.8) is 0 Å². The van der Waals surface area contributed by atoms with Gasteiger partial charge in [0.05, 0.1) is 13.5 Å². The van der Waals surface area contributed by atoms with Crippen molar-refractivity contribution in [2.75, 3.05) is 7.11 Å². The summed E-state index contributed by atoms with van der Waals surface area (Å²) in [6, 6.07) is 17.6. The number of ether oxygens (including phenoxy) is 2. The van der Waals surface area contributed by atoms with Crippen LogP contribution in [0.2, 0.25) is 0 Å². The molecule has 0 aliphatic rings. The van der Waals surface area contributed by atoms with Crippen molar-refractivity contribution in [2.45, 2.75) is 6.42 Å². The molecule has 0 amide bonds. The largest absolute Gasteiger partial charge is 0.508 e. The molecule has 0 heterocycles. The van der Waals surface area contributed by atoms with Crippen LogP contribution in [-0.2, 0) is 14.4 Å². The zero-order valence-electron chi connectivity index (χ0n) is 19.5. The van der Waals surface area contributed by atoms with Crippen LogP contribution >= 0.6 is 0 Å². The molecule has 0 unspecified atom stereocenters. The molecule has 0 aliphatic heterocycles. The first-order valence-electron chi connectivity index (χ1n) is 10.9. The van der Waals surface area contributed by atoms with E-state index < -0.39 is 5.97 Å². The van der Waals surface area contributed by atoms with Crippen molar-refractivity contribution < 1.29 is 34.1 Å². The Labute approximate surface area is 208 Å². The van der Waals surface area contributed by atoms with Gasteiger partial charge in [0, 0.05) is 6.08 Å². The van der Waals surface area contributed by atoms with Gasteiger partial charge < -0.3 is 19.7 Å². The number of benzene rings is 3. The van der Waals surface area contributed by atoms with Crippen LogP contribution in [0.3, 0.4) is 0 Å². The first-order valence-corrected chi connectivity index (χ1v) is 10.9. The zero-order chi connectivity index (χ0) is 25.9. The highest BCUT2D eigenvalue weighted by Crippen LogP contribution is 2.26. The fourth-order valence-electron chi connectivity index (χ4n) is 3.03. The summed E-state index contributed by atoms with van der Waals surface area (Å²) >= 11 is 0. The SMILES string of the molecule is COc1ccc(/C=C/C(=O)Oc2ccc(/C=C/C(=O)CC(=O)/C=C/c3ccc(O)cc3)cc2)cc1O. The second kappa shape index (κ2) is 12.5. The summed E-state index contributed by atoms with van der Waals surface area (Å²) in [5.41, 5.74) is 2.03. The molecule has 2 N–H and O–H groups in total. The number of phenolic OH excluding ortho intramolecular Hbond substituents is 2. The third-order valence-corrected chi connectivity index (χ3v) is 4.88. The van der Waals surface area contributed by atoms with Crippen molar-refractivity contribution in [2.24, 2.45) is 0 Å². The van der Waals surface area contributed by atoms with E-state index in [1.165, 1.54) is 49.6 Å². The standard InChI is InChI=1S/C29H24O7/c1-35-28-16-8-22(18-27(28)33)9-17-29(34)36-26-14-6-21(7-15-26)5-13-25(32)19-24(31)12-4-20-2-10-23(30)11-3-20/h2-18,30,33H,19H2,1H3/b12-4+,13-5+,17-9+. The van der Waals surface area contributed by atoms with Gasteiger partial charge in [-0.05, 0) is 71.3 Å². The normalized spacial score (nSPS) is 11.2. The first-order chi connectivity index (χ1) is 17.3. The third-order valence-electron chi connectivity index (χ3n) is 4.88. The summed E-state index contributed by atoms with van der Waals surface area (Å²) in [4.78, 5) is 36.1. The highest BCUT2D eigenvalue weighted by molar-refractivity contribution is 6.10. The van der Waals surface area contributed by atoms with Crippen LogP contribution in [0.5, 0.6) is 23.0 Å². The van der Waals surface area contributed by atoms with Crippen molar-refractivity contribution in [3.8, 4) is 23.0 Å². The Morgan fingerprint density at radius 2 is 1.25 bits per heavy atom. The van der Waals surface area contributed by atoms with Crippen LogP contribution < -0.4 is 9.47 Å². The number of methoxy groups -OCH3 is 1. The van der Waals surface area contributed by atoms with E-state index in [1.54, 1.807) is 60.7 Å². The fourth-order valence-corrected chi connectivity index (χ4v) is 3.03. The summed E-state index contributed by atoms with van der Waals surface area (Å²) in [6.07, 6.45) is 8.27. The van der Waals surface area contributed by atoms with Gasteiger partial charge >= 0.3 is 5.97 Å². The van der Waals surface area contributed by atoms with Gasteiger partial charge in [-0.3, -0.25) is 9.59 Å². The number of allylic oxidation sites excluding steroid dienone is 2. The van der Waals surface area contributed by atoms with Crippen LogP contribution in [-0.4, -0.2) is 34.9 Å². The van der Waals surface area contributed by atoms with Gasteiger partial charge in [0.2, 0.25) is 0 Å². The lowest BCUT2D eigenvalue weighted by Gasteiger charge is -2.04. The maximum Gasteiger partial charge on any atom is 0.336 e. The van der Waals surface area contributed by atoms with Crippen LogP contribution in [0, 0.1) is 0 Å². The van der Waals surface area contributed by atoms with Gasteiger partial charge in [-0.1, -0.05) is 42.5 Å². The highest BCUT2D eigenvalue weighted by Gasteiger charge is 2.05. The number of rotatable bonds is 10. The molecule has 0 aliphatic carbocycles. The fraction of sp³-hybridized carbons (Fsp3) is 0.0690. The van der Waals surface area contributed by atoms with Crippen molar-refractivity contribution in [1.82, 2.24) is 0 Å². The lowest BCUT2D eigenvalue weighted by atomic mass is 10.1. The molecule has 0 spiro atoms. The minimum Gasteiger partial charge on any atom is -0.508 e. The summed E-state index contributed by atoms with van der Waals surface area (Å²) in [7, 11) is 1.45. The van der Waals surface area contributed by atoms with Crippen LogP contribution in [0.1, 0.15) is 23.1 Å². The number of carbonyl (C=O) groups is 3. The number of ketones is 2. The van der Waals surface area contributed by atoms with E-state index in [0.717, 1.165) is 5.56 Å². The van der Waals surface area contributed by atoms with Gasteiger partial charge in [0.15, 0.2) is 23.1 Å². The Morgan fingerprint density at radius 3 is 1.81 bits per heavy atom. The number of phenols is 2. The summed E-state index contributed by atoms with van der Waals surface area (Å²) < 4.78 is 10.2. The number of carbonyl (C=O) groups excluding carboxylic acids is 3. The highest BCUT2D eigenvalue weighted by atomic mass is 16.5. The first kappa shape index (κ1) is 25.7. The smallest absolute Gasteiger partial charge is 0.336 e. The lowest BCUT2D eigenvalue weighted by molar-refractivity contribution is -0.129. The Kier molecular flexibility index (Phi) is 8.94. The number of hydrogen-bond acceptors (Lipinski definition) is 7. The molecule has 7 nitrogen and oxygen atoms in total. The van der Waals surface area contributed by atoms with E-state index in [4.69, 9.17) is 9.47 Å². The van der Waals surface area contributed by atoms with Crippen molar-refractivity contribution in [1.29, 1.82) is 0 Å². The number of hydrogen-bond donors (Lipinski definition) is 2. The third kappa shape index (κ3) is 8.14. The number of aromatic hydroxyl groups is 2. The molecule has 3 rings (SSSR count). The second-order valence-electron chi connectivity index (χ2n) is 7.62. The molecule has 3 aromatic rings. The predicted octanol–water partition coefficient (Wildman–Crippen LogP) is 4.98. The van der Waals surface area contributed by atoms with Crippen molar-refractivity contribution in [3.05, 3.63) is 102 Å². The van der Waals surface area contributed by atoms with Crippen LogP contribution in [0.25, 0.3) is 18.2 Å². The van der Waals surface area contributed by atoms with E-state index in [1.807, 2.05) is 0 Å². The van der Waals surface area contributed by atoms with Gasteiger partial charge in [-0.2, -0.15) is 0 Å². The molecule has 0 fully saturated rings. The maximum atomic E-state index is 12.1. The maximum absolute atomic E-state index is 12.1. The minimum atomic E-state index is -0.595. The van der Waals surface area contributed by atoms with Crippen molar-refractivity contribution >= 4 is 35.8 Å². The summed E-state index contributed by atoms with van der Waals surface area (Å²) in [5.74, 6) is -0.528. The quantitative estimate of drug-likeness (QED) is 0.181. The van der Waals surface area contributed by atoms with Gasteiger partial charge in [-0.25, -0.2) is 4.79 Å². The van der Waals surface area contributed by atoms with Crippen LogP contribution in [0.4, 0.5) is 0 Å². The molecule has 182 valence electrons. The van der Waals surface area contributed by atoms with Gasteiger partial charge in [0.1, 0.15) is 11.5 Å². The molecule has 0 atom stereocenters. The van der Waals surface area contributed by atoms with E-state index in [9.17, 15) is 24.6 Å². The Bertz CT molecular complexity index is 1310. The lowest BCUT2D eigenvalue weighted by Crippen LogP contribution is -2.03. The van der Waals surface area contributed by atoms with E-state index in [0.29, 0.717) is 22.6 Å². The average molecular weight is 485 g/mol. The molecule has 3 aromatic carbocycles. The zero-order valence-corrected chi connectivity index (χ0v) is 19.5. The molecule has 0 aromatic heterocycles. The molecule has 36 heavy (non-hydrogen) atoms. The van der Waals surface area contributed by atoms with Crippen LogP contribution in [0.15, 0.2) is 85.0 Å². The molecular formula is C29H24O7. The monoisotopic (exact) mass is 484 g/mol. The molecular weight excluding hydrogens is 460 g/mol. The number of esters is 1. The Morgan fingerprint density at radius 1 is 0.722 bits per heavy atom. The van der Waals surface area contributed by atoms with Gasteiger partial charge in [0.25, 0.3) is 0 Å². The minimum absolute atomic E-state index is 0.0370. The second-order valence-corrected chi connectivity index (χ2v) is 7.62. The summed E-state index contributed by atoms with van der Waals surface area (Å²) in [6.45, 7) is 0. The molecule has 0 saturated heterocycles. The summed E-state index contributed by atoms with van der Waals surface area (Å²) in [5, 5.41) is 19.0. The molecule has 0 radical (unpaired) electrons. The Hall–Kier alpha value is -4.91. The van der Waals surface area contributed by atoms with E-state index in [2.05, 4.69) is 0 Å². The average Bonchev–Trinajstić information content (AvgIpc) is 2.87. The molecule has 7 heteroatoms. The van der Waals surface area contributed by atoms with E-state index in [-0.39, 0.29) is 29.5 Å². The van der Waals surface area contributed by atoms with E-state index >= 15 is 0 Å². The molecule has 0 bridgehead atoms. The Balaban J connectivity index is 1.48. The predicted molar refractivity (Wildman–Crippen MR) is 137 cm³/mol. The molecule has 0 saturated carbocycles.